The quantitative estimate of drug-likeness (QED) is 0.321. The van der Waals surface area contributed by atoms with Crippen LogP contribution in [0.25, 0.3) is 21.7 Å². The van der Waals surface area contributed by atoms with Crippen molar-refractivity contribution in [3.8, 4) is 11.6 Å². The Morgan fingerprint density at radius 2 is 1.58 bits per heavy atom. The summed E-state index contributed by atoms with van der Waals surface area (Å²) in [5.74, 6) is 0.00839. The number of aromatic hydroxyl groups is 1. The molecule has 0 unspecified atom stereocenters. The van der Waals surface area contributed by atoms with E-state index >= 15 is 0 Å². The zero-order valence-corrected chi connectivity index (χ0v) is 17.8. The van der Waals surface area contributed by atoms with E-state index in [1.54, 1.807) is 4.57 Å². The number of carbonyl (C=O) groups is 1. The van der Waals surface area contributed by atoms with Gasteiger partial charge in [-0.3, -0.25) is 4.79 Å². The van der Waals surface area contributed by atoms with Crippen molar-refractivity contribution in [3.05, 3.63) is 103 Å². The Kier molecular flexibility index (Phi) is 5.55. The van der Waals surface area contributed by atoms with Gasteiger partial charge in [0.1, 0.15) is 5.75 Å². The van der Waals surface area contributed by atoms with Gasteiger partial charge >= 0.3 is 5.91 Å². The molecule has 0 spiro atoms. The first-order valence-corrected chi connectivity index (χ1v) is 10.6. The van der Waals surface area contributed by atoms with Gasteiger partial charge in [0.05, 0.1) is 12.1 Å². The summed E-state index contributed by atoms with van der Waals surface area (Å²) in [5.41, 5.74) is 2.12. The average molecular weight is 435 g/mol. The van der Waals surface area contributed by atoms with Gasteiger partial charge in [0.15, 0.2) is 12.3 Å². The molecule has 33 heavy (non-hydrogen) atoms. The van der Waals surface area contributed by atoms with Crippen molar-refractivity contribution in [1.82, 2.24) is 4.57 Å². The number of amides is 1. The van der Waals surface area contributed by atoms with Gasteiger partial charge in [-0.2, -0.15) is 0 Å². The number of rotatable bonds is 6. The van der Waals surface area contributed by atoms with Gasteiger partial charge in [0, 0.05) is 5.39 Å². The number of aromatic nitrogens is 1. The highest BCUT2D eigenvalue weighted by Crippen LogP contribution is 2.39. The summed E-state index contributed by atoms with van der Waals surface area (Å²) in [5, 5.41) is 21.6. The predicted octanol–water partition coefficient (Wildman–Crippen LogP) is 6.24. The third-order valence-corrected chi connectivity index (χ3v) is 5.45. The summed E-state index contributed by atoms with van der Waals surface area (Å²) in [7, 11) is 0. The predicted molar refractivity (Wildman–Crippen MR) is 128 cm³/mol. The van der Waals surface area contributed by atoms with Crippen molar-refractivity contribution in [2.24, 2.45) is 10.2 Å². The Morgan fingerprint density at radius 3 is 2.42 bits per heavy atom. The lowest BCUT2D eigenvalue weighted by Crippen LogP contribution is -2.07. The molecular formula is C27H21N3O3. The first-order valence-electron chi connectivity index (χ1n) is 10.6. The van der Waals surface area contributed by atoms with Crippen LogP contribution in [0, 0.1) is 0 Å². The minimum Gasteiger partial charge on any atom is -0.493 e. The molecule has 0 aliphatic carbocycles. The van der Waals surface area contributed by atoms with Crippen LogP contribution in [0.1, 0.15) is 5.56 Å². The Bertz CT molecular complexity index is 1470. The Labute approximate surface area is 190 Å². The molecule has 0 aliphatic heterocycles. The SMILES string of the molecule is O=C(COc1ccc2ccccc2c1)N=Nc1c(O)n(Cc2ccccc2)c2ccccc12. The van der Waals surface area contributed by atoms with Crippen molar-refractivity contribution in [1.29, 1.82) is 0 Å². The summed E-state index contributed by atoms with van der Waals surface area (Å²) >= 11 is 0. The molecule has 0 atom stereocenters. The maximum absolute atomic E-state index is 12.3. The minimum atomic E-state index is -0.539. The Hall–Kier alpha value is -4.45. The largest absolute Gasteiger partial charge is 0.493 e. The average Bonchev–Trinajstić information content (AvgIpc) is 3.12. The second kappa shape index (κ2) is 8.96. The van der Waals surface area contributed by atoms with E-state index in [1.165, 1.54) is 0 Å². The van der Waals surface area contributed by atoms with Crippen LogP contribution in [0.5, 0.6) is 11.6 Å². The molecular weight excluding hydrogens is 414 g/mol. The second-order valence-electron chi connectivity index (χ2n) is 7.65. The Morgan fingerprint density at radius 1 is 0.848 bits per heavy atom. The molecule has 0 fully saturated rings. The maximum Gasteiger partial charge on any atom is 0.302 e. The molecule has 6 heteroatoms. The molecule has 6 nitrogen and oxygen atoms in total. The number of ether oxygens (including phenoxy) is 1. The van der Waals surface area contributed by atoms with Crippen LogP contribution in [0.4, 0.5) is 5.69 Å². The molecule has 162 valence electrons. The zero-order chi connectivity index (χ0) is 22.6. The fraction of sp³-hybridized carbons (Fsp3) is 0.0741. The molecule has 0 saturated heterocycles. The van der Waals surface area contributed by atoms with Crippen LogP contribution in [0.2, 0.25) is 0 Å². The molecule has 1 aromatic heterocycles. The van der Waals surface area contributed by atoms with Gasteiger partial charge in [-0.1, -0.05) is 78.9 Å². The molecule has 1 N–H and O–H groups in total. The minimum absolute atomic E-state index is 0.0351. The van der Waals surface area contributed by atoms with Gasteiger partial charge in [-0.05, 0) is 34.5 Å². The fourth-order valence-corrected chi connectivity index (χ4v) is 3.83. The molecule has 1 amide bonds. The highest BCUT2D eigenvalue weighted by molar-refractivity contribution is 5.95. The van der Waals surface area contributed by atoms with Crippen molar-refractivity contribution < 1.29 is 14.6 Å². The number of para-hydroxylation sites is 1. The van der Waals surface area contributed by atoms with Crippen LogP contribution in [0.15, 0.2) is 107 Å². The number of nitrogens with zero attached hydrogens (tertiary/aromatic N) is 3. The van der Waals surface area contributed by atoms with E-state index in [0.717, 1.165) is 27.2 Å². The molecule has 0 saturated carbocycles. The smallest absolute Gasteiger partial charge is 0.302 e. The molecule has 5 rings (SSSR count). The number of carbonyl (C=O) groups excluding carboxylic acids is 1. The summed E-state index contributed by atoms with van der Waals surface area (Å²) in [6.07, 6.45) is 0. The molecule has 1 heterocycles. The monoisotopic (exact) mass is 435 g/mol. The number of azo groups is 1. The van der Waals surface area contributed by atoms with Crippen LogP contribution in [0.3, 0.4) is 0 Å². The highest BCUT2D eigenvalue weighted by atomic mass is 16.5. The lowest BCUT2D eigenvalue weighted by molar-refractivity contribution is -0.120. The van der Waals surface area contributed by atoms with Crippen LogP contribution >= 0.6 is 0 Å². The molecule has 0 aliphatic rings. The topological polar surface area (TPSA) is 76.2 Å². The van der Waals surface area contributed by atoms with Crippen LogP contribution in [-0.2, 0) is 11.3 Å². The molecule has 4 aromatic carbocycles. The van der Waals surface area contributed by atoms with Gasteiger partial charge in [-0.25, -0.2) is 0 Å². The second-order valence-corrected chi connectivity index (χ2v) is 7.65. The van der Waals surface area contributed by atoms with E-state index in [-0.39, 0.29) is 18.2 Å². The molecule has 5 aromatic rings. The molecule has 0 radical (unpaired) electrons. The van der Waals surface area contributed by atoms with E-state index in [0.29, 0.717) is 12.3 Å². The van der Waals surface area contributed by atoms with Gasteiger partial charge in [0.2, 0.25) is 5.88 Å². The van der Waals surface area contributed by atoms with Crippen molar-refractivity contribution in [3.63, 3.8) is 0 Å². The summed E-state index contributed by atoms with van der Waals surface area (Å²) < 4.78 is 7.35. The van der Waals surface area contributed by atoms with Crippen LogP contribution in [-0.4, -0.2) is 22.2 Å². The highest BCUT2D eigenvalue weighted by Gasteiger charge is 2.17. The van der Waals surface area contributed by atoms with E-state index in [1.807, 2.05) is 97.1 Å². The van der Waals surface area contributed by atoms with Gasteiger partial charge in [-0.15, -0.1) is 10.2 Å². The summed E-state index contributed by atoms with van der Waals surface area (Å²) in [6.45, 7) is 0.229. The number of benzene rings is 4. The lowest BCUT2D eigenvalue weighted by Gasteiger charge is -2.07. The van der Waals surface area contributed by atoms with Crippen molar-refractivity contribution in [2.75, 3.05) is 6.61 Å². The molecule has 0 bridgehead atoms. The van der Waals surface area contributed by atoms with Gasteiger partial charge in [0.25, 0.3) is 0 Å². The first-order chi connectivity index (χ1) is 16.2. The number of hydrogen-bond acceptors (Lipinski definition) is 4. The van der Waals surface area contributed by atoms with Crippen LogP contribution < -0.4 is 4.74 Å². The number of hydrogen-bond donors (Lipinski definition) is 1. The third-order valence-electron chi connectivity index (χ3n) is 5.45. The Balaban J connectivity index is 1.35. The standard InChI is InChI=1S/C27H21N3O3/c31-25(18-33-22-15-14-20-10-4-5-11-21(20)16-22)28-29-26-23-12-6-7-13-24(23)30(27(26)32)17-19-8-2-1-3-9-19/h1-16,32H,17-18H2. The summed E-state index contributed by atoms with van der Waals surface area (Å²) in [4.78, 5) is 12.3. The fourth-order valence-electron chi connectivity index (χ4n) is 3.83. The third kappa shape index (κ3) is 4.32. The van der Waals surface area contributed by atoms with Crippen molar-refractivity contribution >= 4 is 33.3 Å². The van der Waals surface area contributed by atoms with E-state index in [4.69, 9.17) is 4.74 Å². The lowest BCUT2D eigenvalue weighted by atomic mass is 10.1. The summed E-state index contributed by atoms with van der Waals surface area (Å²) in [6, 6.07) is 30.9. The maximum atomic E-state index is 12.3. The van der Waals surface area contributed by atoms with E-state index in [2.05, 4.69) is 10.2 Å². The van der Waals surface area contributed by atoms with Gasteiger partial charge < -0.3 is 14.4 Å². The first kappa shape index (κ1) is 20.5. The number of fused-ring (bicyclic) bond motifs is 2. The normalized spacial score (nSPS) is 11.4. The zero-order valence-electron chi connectivity index (χ0n) is 17.8. The van der Waals surface area contributed by atoms with E-state index in [9.17, 15) is 9.90 Å². The van der Waals surface area contributed by atoms with Crippen molar-refractivity contribution in [2.45, 2.75) is 6.54 Å². The van der Waals surface area contributed by atoms with E-state index < -0.39 is 5.91 Å².